The number of aromatic nitrogens is 3. The van der Waals surface area contributed by atoms with E-state index in [0.717, 1.165) is 62.0 Å². The summed E-state index contributed by atoms with van der Waals surface area (Å²) in [4.78, 5) is 26.9. The van der Waals surface area contributed by atoms with E-state index >= 15 is 0 Å². The normalized spacial score (nSPS) is 18.3. The summed E-state index contributed by atoms with van der Waals surface area (Å²) in [6.45, 7) is 6.86. The van der Waals surface area contributed by atoms with Crippen molar-refractivity contribution in [2.75, 3.05) is 62.8 Å². The topological polar surface area (TPSA) is 96.3 Å². The van der Waals surface area contributed by atoms with E-state index in [2.05, 4.69) is 49.7 Å². The molecular formula is C28H29N7O3. The highest BCUT2D eigenvalue weighted by molar-refractivity contribution is 5.98. The first-order valence-corrected chi connectivity index (χ1v) is 13.0. The van der Waals surface area contributed by atoms with Crippen LogP contribution in [0.4, 0.5) is 17.2 Å². The molecule has 0 spiro atoms. The molecule has 3 aliphatic heterocycles. The van der Waals surface area contributed by atoms with Gasteiger partial charge in [-0.1, -0.05) is 0 Å². The van der Waals surface area contributed by atoms with Gasteiger partial charge in [0.05, 0.1) is 37.1 Å². The van der Waals surface area contributed by atoms with Crippen LogP contribution in [0.15, 0.2) is 61.1 Å². The Morgan fingerprint density at radius 2 is 1.87 bits per heavy atom. The van der Waals surface area contributed by atoms with Crippen molar-refractivity contribution >= 4 is 28.7 Å². The molecule has 0 saturated carbocycles. The fourth-order valence-corrected chi connectivity index (χ4v) is 5.24. The van der Waals surface area contributed by atoms with Crippen molar-refractivity contribution in [1.82, 2.24) is 24.6 Å². The highest BCUT2D eigenvalue weighted by atomic mass is 16.5. The van der Waals surface area contributed by atoms with Gasteiger partial charge in [-0.2, -0.15) is 0 Å². The van der Waals surface area contributed by atoms with Gasteiger partial charge in [-0.05, 0) is 42.5 Å². The molecule has 3 aliphatic rings. The van der Waals surface area contributed by atoms with E-state index < -0.39 is 0 Å². The van der Waals surface area contributed by atoms with E-state index in [9.17, 15) is 4.79 Å². The van der Waals surface area contributed by atoms with Crippen LogP contribution in [-0.4, -0.2) is 83.8 Å². The Balaban J connectivity index is 1.12. The van der Waals surface area contributed by atoms with E-state index in [0.29, 0.717) is 36.3 Å². The van der Waals surface area contributed by atoms with Gasteiger partial charge in [0.1, 0.15) is 12.4 Å². The van der Waals surface area contributed by atoms with Gasteiger partial charge < -0.3 is 29.4 Å². The average Bonchev–Trinajstić information content (AvgIpc) is 3.32. The first-order chi connectivity index (χ1) is 18.7. The third-order valence-corrected chi connectivity index (χ3v) is 7.49. The maximum Gasteiger partial charge on any atom is 0.255 e. The predicted octanol–water partition coefficient (Wildman–Crippen LogP) is 2.78. The Hall–Kier alpha value is -4.15. The number of nitrogens with one attached hydrogen (secondary N) is 2. The van der Waals surface area contributed by atoms with Gasteiger partial charge in [-0.15, -0.1) is 0 Å². The van der Waals surface area contributed by atoms with Crippen molar-refractivity contribution in [3.05, 3.63) is 66.6 Å². The molecule has 0 atom stereocenters. The number of fused-ring (bicyclic) bond motifs is 2. The third-order valence-electron chi connectivity index (χ3n) is 7.49. The van der Waals surface area contributed by atoms with E-state index in [-0.39, 0.29) is 5.91 Å². The zero-order valence-electron chi connectivity index (χ0n) is 21.0. The van der Waals surface area contributed by atoms with E-state index in [1.165, 1.54) is 5.69 Å². The summed E-state index contributed by atoms with van der Waals surface area (Å²) in [6, 6.07) is 14.7. The van der Waals surface area contributed by atoms with Gasteiger partial charge in [-0.25, -0.2) is 9.97 Å². The number of amides is 1. The summed E-state index contributed by atoms with van der Waals surface area (Å²) in [5.74, 6) is 1.09. The number of rotatable bonds is 5. The summed E-state index contributed by atoms with van der Waals surface area (Å²) < 4.78 is 13.0. The van der Waals surface area contributed by atoms with Gasteiger partial charge in [0.2, 0.25) is 0 Å². The van der Waals surface area contributed by atoms with E-state index in [1.807, 2.05) is 35.0 Å². The van der Waals surface area contributed by atoms with Gasteiger partial charge in [-0.3, -0.25) is 9.69 Å². The minimum absolute atomic E-state index is 0.139. The lowest BCUT2D eigenvalue weighted by atomic mass is 10.1. The third kappa shape index (κ3) is 4.31. The van der Waals surface area contributed by atoms with Crippen LogP contribution >= 0.6 is 0 Å². The lowest BCUT2D eigenvalue weighted by Gasteiger charge is -2.43. The summed E-state index contributed by atoms with van der Waals surface area (Å²) >= 11 is 0. The number of hydrogen-bond donors (Lipinski definition) is 2. The molecule has 4 aromatic rings. The van der Waals surface area contributed by atoms with Crippen molar-refractivity contribution in [3.8, 4) is 17.0 Å². The van der Waals surface area contributed by atoms with Crippen molar-refractivity contribution in [2.45, 2.75) is 6.04 Å². The molecule has 1 amide bonds. The molecule has 2 N–H and O–H groups in total. The molecule has 0 aliphatic carbocycles. The molecule has 0 unspecified atom stereocenters. The first-order valence-electron chi connectivity index (χ1n) is 13.0. The summed E-state index contributed by atoms with van der Waals surface area (Å²) in [6.07, 6.45) is 5.56. The molecule has 10 nitrogen and oxygen atoms in total. The molecule has 2 fully saturated rings. The zero-order valence-corrected chi connectivity index (χ0v) is 21.0. The van der Waals surface area contributed by atoms with Crippen LogP contribution in [0.2, 0.25) is 0 Å². The van der Waals surface area contributed by atoms with Crippen molar-refractivity contribution in [1.29, 1.82) is 0 Å². The number of ether oxygens (including phenoxy) is 2. The Labute approximate surface area is 220 Å². The van der Waals surface area contributed by atoms with Gasteiger partial charge >= 0.3 is 0 Å². The van der Waals surface area contributed by atoms with Gasteiger partial charge in [0.25, 0.3) is 5.91 Å². The molecule has 38 heavy (non-hydrogen) atoms. The fourth-order valence-electron chi connectivity index (χ4n) is 5.24. The molecule has 194 valence electrons. The first kappa shape index (κ1) is 23.0. The van der Waals surface area contributed by atoms with Crippen molar-refractivity contribution < 1.29 is 14.3 Å². The number of carbonyl (C=O) groups excluding carboxylic acids is 1. The molecule has 0 radical (unpaired) electrons. The number of anilines is 3. The SMILES string of the molecule is O=C1NCCOc2ccc(-c3cn4ccnc4c(Nc4ccc(N5CCN(C6COC6)CC5)cc4)n3)cc21. The van der Waals surface area contributed by atoms with Crippen molar-refractivity contribution in [3.63, 3.8) is 0 Å². The quantitative estimate of drug-likeness (QED) is 0.422. The Morgan fingerprint density at radius 1 is 1.03 bits per heavy atom. The van der Waals surface area contributed by atoms with Crippen LogP contribution in [0.25, 0.3) is 16.9 Å². The smallest absolute Gasteiger partial charge is 0.255 e. The van der Waals surface area contributed by atoms with Crippen LogP contribution < -0.4 is 20.3 Å². The second-order valence-corrected chi connectivity index (χ2v) is 9.83. The Morgan fingerprint density at radius 3 is 2.66 bits per heavy atom. The maximum atomic E-state index is 12.5. The van der Waals surface area contributed by atoms with Crippen LogP contribution in [-0.2, 0) is 4.74 Å². The minimum Gasteiger partial charge on any atom is -0.491 e. The lowest BCUT2D eigenvalue weighted by molar-refractivity contribution is -0.0660. The summed E-state index contributed by atoms with van der Waals surface area (Å²) in [5, 5.41) is 6.32. The summed E-state index contributed by atoms with van der Waals surface area (Å²) in [7, 11) is 0. The van der Waals surface area contributed by atoms with Crippen molar-refractivity contribution in [2.24, 2.45) is 0 Å². The molecular weight excluding hydrogens is 482 g/mol. The molecule has 2 saturated heterocycles. The number of piperazine rings is 1. The number of carbonyl (C=O) groups is 1. The number of hydrogen-bond acceptors (Lipinski definition) is 8. The molecule has 7 rings (SSSR count). The molecule has 5 heterocycles. The van der Waals surface area contributed by atoms with Crippen LogP contribution in [0.3, 0.4) is 0 Å². The highest BCUT2D eigenvalue weighted by Gasteiger charge is 2.29. The Bertz CT molecular complexity index is 1470. The largest absolute Gasteiger partial charge is 0.491 e. The summed E-state index contributed by atoms with van der Waals surface area (Å²) in [5.41, 5.74) is 4.95. The highest BCUT2D eigenvalue weighted by Crippen LogP contribution is 2.30. The average molecular weight is 512 g/mol. The van der Waals surface area contributed by atoms with Crippen LogP contribution in [0.5, 0.6) is 5.75 Å². The number of nitrogens with zero attached hydrogens (tertiary/aromatic N) is 5. The fraction of sp³-hybridized carbons (Fsp3) is 0.321. The number of imidazole rings is 1. The van der Waals surface area contributed by atoms with Gasteiger partial charge in [0.15, 0.2) is 11.5 Å². The molecule has 2 aromatic carbocycles. The predicted molar refractivity (Wildman–Crippen MR) is 144 cm³/mol. The van der Waals surface area contributed by atoms with E-state index in [4.69, 9.17) is 14.5 Å². The molecule has 2 aromatic heterocycles. The molecule has 10 heteroatoms. The second kappa shape index (κ2) is 9.62. The second-order valence-electron chi connectivity index (χ2n) is 9.83. The molecule has 0 bridgehead atoms. The number of benzene rings is 2. The Kier molecular flexibility index (Phi) is 5.82. The van der Waals surface area contributed by atoms with Gasteiger partial charge in [0, 0.05) is 61.7 Å². The lowest BCUT2D eigenvalue weighted by Crippen LogP contribution is -2.56. The van der Waals surface area contributed by atoms with Crippen LogP contribution in [0.1, 0.15) is 10.4 Å². The minimum atomic E-state index is -0.139. The van der Waals surface area contributed by atoms with E-state index in [1.54, 1.807) is 6.20 Å². The standard InChI is InChI=1S/C28H29N7O3/c36-28-23-15-19(1-6-25(23)38-14-8-30-28)24-16-35-9-7-29-27(35)26(32-24)31-20-2-4-21(5-3-20)33-10-12-34(13-11-33)22-17-37-18-22/h1-7,9,15-16,22H,8,10-14,17-18H2,(H,30,36)(H,31,32). The zero-order chi connectivity index (χ0) is 25.5. The van der Waals surface area contributed by atoms with Crippen LogP contribution in [0, 0.1) is 0 Å². The monoisotopic (exact) mass is 511 g/mol. The maximum absolute atomic E-state index is 12.5.